The zero-order chi connectivity index (χ0) is 13.1. The summed E-state index contributed by atoms with van der Waals surface area (Å²) in [5, 5.41) is 15.7. The second-order valence-electron chi connectivity index (χ2n) is 4.41. The van der Waals surface area contributed by atoms with Crippen molar-refractivity contribution in [3.63, 3.8) is 0 Å². The molecule has 0 amide bonds. The smallest absolute Gasteiger partial charge is 0.277 e. The van der Waals surface area contributed by atoms with E-state index in [1.165, 1.54) is 10.9 Å². The van der Waals surface area contributed by atoms with E-state index in [1.54, 1.807) is 13.2 Å². The van der Waals surface area contributed by atoms with Crippen molar-refractivity contribution in [3.8, 4) is 0 Å². The van der Waals surface area contributed by atoms with Crippen LogP contribution in [-0.2, 0) is 7.05 Å². The maximum absolute atomic E-state index is 11.9. The van der Waals surface area contributed by atoms with Gasteiger partial charge in [0.05, 0.1) is 23.7 Å². The van der Waals surface area contributed by atoms with Gasteiger partial charge < -0.3 is 15.0 Å². The number of hydrogen-bond donors (Lipinski definition) is 1. The summed E-state index contributed by atoms with van der Waals surface area (Å²) in [5.41, 5.74) is 0.841. The van der Waals surface area contributed by atoms with E-state index in [9.17, 15) is 4.79 Å². The molecule has 0 aliphatic carbocycles. The molecule has 1 aliphatic heterocycles. The van der Waals surface area contributed by atoms with E-state index in [-0.39, 0.29) is 5.56 Å². The lowest BCUT2D eigenvalue weighted by Crippen LogP contribution is -2.45. The molecular weight excluding hydrogens is 234 g/mol. The van der Waals surface area contributed by atoms with E-state index >= 15 is 0 Å². The molecule has 2 heterocycles. The first-order valence-corrected chi connectivity index (χ1v) is 5.80. The molecule has 0 atom stereocenters. The summed E-state index contributed by atoms with van der Waals surface area (Å²) in [6.07, 6.45) is 2.82. The fourth-order valence-electron chi connectivity index (χ4n) is 2.03. The molecule has 0 bridgehead atoms. The van der Waals surface area contributed by atoms with E-state index in [2.05, 4.69) is 27.1 Å². The average Bonchev–Trinajstić information content (AvgIpc) is 2.37. The van der Waals surface area contributed by atoms with Crippen molar-refractivity contribution in [2.75, 3.05) is 38.1 Å². The zero-order valence-corrected chi connectivity index (χ0v) is 10.6. The van der Waals surface area contributed by atoms with Gasteiger partial charge in [-0.15, -0.1) is 0 Å². The number of oxime groups is 1. The van der Waals surface area contributed by atoms with Gasteiger partial charge in [0.15, 0.2) is 0 Å². The van der Waals surface area contributed by atoms with Crippen molar-refractivity contribution in [3.05, 3.63) is 22.1 Å². The minimum absolute atomic E-state index is 0.260. The Morgan fingerprint density at radius 3 is 2.61 bits per heavy atom. The first-order valence-electron chi connectivity index (χ1n) is 5.80. The van der Waals surface area contributed by atoms with Crippen LogP contribution < -0.4 is 10.5 Å². The van der Waals surface area contributed by atoms with Gasteiger partial charge in [-0.25, -0.2) is 4.68 Å². The topological polar surface area (TPSA) is 74.0 Å². The minimum atomic E-state index is -0.260. The molecule has 2 rings (SSSR count). The van der Waals surface area contributed by atoms with Gasteiger partial charge in [0.25, 0.3) is 5.56 Å². The largest absolute Gasteiger partial charge is 0.411 e. The van der Waals surface area contributed by atoms with E-state index in [1.807, 2.05) is 0 Å². The second kappa shape index (κ2) is 5.18. The molecule has 7 heteroatoms. The van der Waals surface area contributed by atoms with Crippen LogP contribution >= 0.6 is 0 Å². The normalized spacial score (nSPS) is 17.6. The fourth-order valence-corrected chi connectivity index (χ4v) is 2.03. The second-order valence-corrected chi connectivity index (χ2v) is 4.41. The third-order valence-corrected chi connectivity index (χ3v) is 3.18. The minimum Gasteiger partial charge on any atom is -0.411 e. The summed E-state index contributed by atoms with van der Waals surface area (Å²) in [6, 6.07) is 0. The Balaban J connectivity index is 2.38. The number of rotatable bonds is 2. The van der Waals surface area contributed by atoms with Crippen LogP contribution in [0.5, 0.6) is 0 Å². The molecule has 1 aromatic rings. The van der Waals surface area contributed by atoms with Gasteiger partial charge in [-0.2, -0.15) is 5.10 Å². The predicted molar refractivity (Wildman–Crippen MR) is 68.6 cm³/mol. The highest BCUT2D eigenvalue weighted by Crippen LogP contribution is 2.16. The summed E-state index contributed by atoms with van der Waals surface area (Å²) in [7, 11) is 3.64. The molecule has 0 spiro atoms. The van der Waals surface area contributed by atoms with Crippen LogP contribution in [0, 0.1) is 0 Å². The lowest BCUT2D eigenvalue weighted by atomic mass is 10.2. The Morgan fingerprint density at radius 1 is 1.33 bits per heavy atom. The van der Waals surface area contributed by atoms with Crippen molar-refractivity contribution in [1.29, 1.82) is 0 Å². The lowest BCUT2D eigenvalue weighted by Gasteiger charge is -2.34. The third kappa shape index (κ3) is 2.35. The fraction of sp³-hybridized carbons (Fsp3) is 0.545. The number of anilines is 1. The van der Waals surface area contributed by atoms with Crippen LogP contribution in [0.15, 0.2) is 16.1 Å². The maximum atomic E-state index is 11.9. The van der Waals surface area contributed by atoms with Crippen LogP contribution in [0.1, 0.15) is 5.56 Å². The Morgan fingerprint density at radius 2 is 2.00 bits per heavy atom. The predicted octanol–water partition coefficient (Wildman–Crippen LogP) is -0.660. The molecule has 0 radical (unpaired) electrons. The molecule has 1 aliphatic rings. The van der Waals surface area contributed by atoms with Gasteiger partial charge >= 0.3 is 0 Å². The first-order chi connectivity index (χ1) is 8.63. The number of aryl methyl sites for hydroxylation is 1. The zero-order valence-electron chi connectivity index (χ0n) is 10.6. The van der Waals surface area contributed by atoms with Crippen molar-refractivity contribution in [2.24, 2.45) is 12.2 Å². The van der Waals surface area contributed by atoms with E-state index in [0.29, 0.717) is 5.56 Å². The van der Waals surface area contributed by atoms with E-state index in [0.717, 1.165) is 31.9 Å². The molecule has 1 aromatic heterocycles. The molecule has 0 aromatic carbocycles. The van der Waals surface area contributed by atoms with Gasteiger partial charge in [0, 0.05) is 33.2 Å². The van der Waals surface area contributed by atoms with Gasteiger partial charge in [-0.3, -0.25) is 4.79 Å². The van der Waals surface area contributed by atoms with Crippen molar-refractivity contribution >= 4 is 11.9 Å². The van der Waals surface area contributed by atoms with Crippen LogP contribution in [0.2, 0.25) is 0 Å². The van der Waals surface area contributed by atoms with Gasteiger partial charge in [0.1, 0.15) is 0 Å². The summed E-state index contributed by atoms with van der Waals surface area (Å²) in [4.78, 5) is 16.3. The number of nitrogens with zero attached hydrogens (tertiary/aromatic N) is 5. The molecule has 1 fully saturated rings. The van der Waals surface area contributed by atoms with Crippen molar-refractivity contribution in [2.45, 2.75) is 0 Å². The monoisotopic (exact) mass is 251 g/mol. The van der Waals surface area contributed by atoms with Gasteiger partial charge in [-0.1, -0.05) is 5.16 Å². The van der Waals surface area contributed by atoms with Crippen LogP contribution in [0.25, 0.3) is 0 Å². The number of piperazine rings is 1. The third-order valence-electron chi connectivity index (χ3n) is 3.18. The highest BCUT2D eigenvalue weighted by molar-refractivity contribution is 5.86. The summed E-state index contributed by atoms with van der Waals surface area (Å²) in [5.74, 6) is 0. The maximum Gasteiger partial charge on any atom is 0.277 e. The van der Waals surface area contributed by atoms with Gasteiger partial charge in [0.2, 0.25) is 0 Å². The molecule has 0 unspecified atom stereocenters. The highest BCUT2D eigenvalue weighted by Gasteiger charge is 2.19. The molecule has 7 nitrogen and oxygen atoms in total. The van der Waals surface area contributed by atoms with E-state index in [4.69, 9.17) is 5.21 Å². The molecular formula is C11H17N5O2. The summed E-state index contributed by atoms with van der Waals surface area (Å²) >= 11 is 0. The Bertz CT molecular complexity index is 503. The molecule has 0 saturated carbocycles. The first kappa shape index (κ1) is 12.6. The van der Waals surface area contributed by atoms with Crippen LogP contribution in [0.4, 0.5) is 5.69 Å². The molecule has 18 heavy (non-hydrogen) atoms. The van der Waals surface area contributed by atoms with Crippen LogP contribution in [-0.4, -0.2) is 59.3 Å². The van der Waals surface area contributed by atoms with Crippen LogP contribution in [0.3, 0.4) is 0 Å². The van der Waals surface area contributed by atoms with Crippen molar-refractivity contribution < 1.29 is 5.21 Å². The summed E-state index contributed by atoms with van der Waals surface area (Å²) < 4.78 is 1.23. The SMILES string of the molecule is CN1CCN(c2cnn(C)c(=O)c2C=NO)CC1. The Kier molecular flexibility index (Phi) is 3.61. The van der Waals surface area contributed by atoms with Gasteiger partial charge in [-0.05, 0) is 7.05 Å². The quantitative estimate of drug-likeness (QED) is 0.429. The number of likely N-dealkylation sites (N-methyl/N-ethyl adjacent to an activating group) is 1. The Labute approximate surface area is 105 Å². The molecule has 98 valence electrons. The molecule has 1 saturated heterocycles. The number of hydrogen-bond acceptors (Lipinski definition) is 6. The van der Waals surface area contributed by atoms with Crippen molar-refractivity contribution in [1.82, 2.24) is 14.7 Å². The standard InChI is InChI=1S/C11H17N5O2/c1-14-3-5-16(6-4-14)10-8-12-15(2)11(17)9(10)7-13-18/h7-8,18H,3-6H2,1-2H3. The highest BCUT2D eigenvalue weighted by atomic mass is 16.4. The number of aromatic nitrogens is 2. The lowest BCUT2D eigenvalue weighted by molar-refractivity contribution is 0.312. The van der Waals surface area contributed by atoms with E-state index < -0.39 is 0 Å². The average molecular weight is 251 g/mol. The summed E-state index contributed by atoms with van der Waals surface area (Å²) in [6.45, 7) is 3.53. The molecule has 1 N–H and O–H groups in total. The Hall–Kier alpha value is -1.89.